The Morgan fingerprint density at radius 1 is 1.22 bits per heavy atom. The number of nitrogens with one attached hydrogen (secondary N) is 2. The van der Waals surface area contributed by atoms with Crippen LogP contribution in [0.3, 0.4) is 0 Å². The van der Waals surface area contributed by atoms with E-state index in [0.717, 1.165) is 42.6 Å². The van der Waals surface area contributed by atoms with E-state index in [1.165, 1.54) is 0 Å². The third-order valence-electron chi connectivity index (χ3n) is 6.19. The van der Waals surface area contributed by atoms with Crippen molar-refractivity contribution >= 4 is 35.2 Å². The lowest BCUT2D eigenvalue weighted by Gasteiger charge is -2.34. The minimum atomic E-state index is -0.172. The Hall–Kier alpha value is -2.09. The van der Waals surface area contributed by atoms with E-state index in [1.807, 2.05) is 37.1 Å². The van der Waals surface area contributed by atoms with E-state index in [9.17, 15) is 4.79 Å². The molecule has 4 rings (SSSR count). The molecule has 9 heteroatoms. The maximum absolute atomic E-state index is 13.3. The van der Waals surface area contributed by atoms with Crippen molar-refractivity contribution in [3.8, 4) is 0 Å². The molecule has 7 nitrogen and oxygen atoms in total. The summed E-state index contributed by atoms with van der Waals surface area (Å²) in [4.78, 5) is 26.5. The Kier molecular flexibility index (Phi) is 7.08. The van der Waals surface area contributed by atoms with E-state index < -0.39 is 0 Å². The van der Waals surface area contributed by atoms with E-state index in [4.69, 9.17) is 23.2 Å². The molecular weight excluding hydrogens is 447 g/mol. The predicted molar refractivity (Wildman–Crippen MR) is 128 cm³/mol. The number of likely N-dealkylation sites (tertiary alicyclic amines) is 1. The second-order valence-electron chi connectivity index (χ2n) is 8.93. The van der Waals surface area contributed by atoms with Crippen LogP contribution in [-0.4, -0.2) is 58.0 Å². The number of amides is 2. The molecule has 1 unspecified atom stereocenters. The molecule has 0 spiro atoms. The molecule has 0 radical (unpaired) electrons. The van der Waals surface area contributed by atoms with Crippen molar-refractivity contribution in [1.29, 1.82) is 0 Å². The van der Waals surface area contributed by atoms with Crippen LogP contribution in [-0.2, 0) is 13.0 Å². The highest BCUT2D eigenvalue weighted by atomic mass is 35.5. The van der Waals surface area contributed by atoms with Gasteiger partial charge in [-0.2, -0.15) is 0 Å². The van der Waals surface area contributed by atoms with Crippen molar-refractivity contribution in [3.63, 3.8) is 0 Å². The third-order valence-corrected chi connectivity index (χ3v) is 6.93. The molecule has 1 aromatic carbocycles. The summed E-state index contributed by atoms with van der Waals surface area (Å²) in [6, 6.07) is 5.80. The minimum absolute atomic E-state index is 0.0935. The fourth-order valence-electron chi connectivity index (χ4n) is 4.49. The fraction of sp³-hybridized carbons (Fsp3) is 0.522. The lowest BCUT2D eigenvalue weighted by Crippen LogP contribution is -2.48. The Bertz CT molecular complexity index is 985. The molecule has 0 saturated carbocycles. The van der Waals surface area contributed by atoms with Gasteiger partial charge in [-0.3, -0.25) is 0 Å². The number of benzene rings is 1. The maximum Gasteiger partial charge on any atom is 0.318 e. The molecule has 2 amide bonds. The summed E-state index contributed by atoms with van der Waals surface area (Å²) in [6.45, 7) is 6.20. The zero-order chi connectivity index (χ0) is 22.8. The van der Waals surface area contributed by atoms with Gasteiger partial charge in [-0.25, -0.2) is 14.8 Å². The lowest BCUT2D eigenvalue weighted by molar-refractivity contribution is 0.175. The fourth-order valence-corrected chi connectivity index (χ4v) is 4.80. The molecule has 2 aromatic rings. The first-order chi connectivity index (χ1) is 15.3. The van der Waals surface area contributed by atoms with Crippen molar-refractivity contribution in [2.45, 2.75) is 57.8 Å². The van der Waals surface area contributed by atoms with Crippen LogP contribution in [0.4, 0.5) is 10.7 Å². The molecule has 172 valence electrons. The molecular formula is C23H30Cl2N6O. The van der Waals surface area contributed by atoms with Gasteiger partial charge in [0.2, 0.25) is 5.95 Å². The highest BCUT2D eigenvalue weighted by Gasteiger charge is 2.33. The number of hydrogen-bond acceptors (Lipinski definition) is 5. The van der Waals surface area contributed by atoms with Crippen LogP contribution in [0.25, 0.3) is 0 Å². The van der Waals surface area contributed by atoms with Crippen molar-refractivity contribution in [1.82, 2.24) is 25.1 Å². The van der Waals surface area contributed by atoms with Crippen LogP contribution in [0.15, 0.2) is 24.4 Å². The van der Waals surface area contributed by atoms with Gasteiger partial charge in [-0.15, -0.1) is 0 Å². The van der Waals surface area contributed by atoms with Gasteiger partial charge in [0, 0.05) is 24.8 Å². The second kappa shape index (κ2) is 9.81. The van der Waals surface area contributed by atoms with Crippen LogP contribution in [0.2, 0.25) is 10.0 Å². The Labute approximate surface area is 199 Å². The number of halogens is 2. The quantitative estimate of drug-likeness (QED) is 0.663. The van der Waals surface area contributed by atoms with Crippen LogP contribution in [0.5, 0.6) is 0 Å². The SMILES string of the molecule is CC(C)Nc1ncc2c(n1)CN(C(=O)N[C@H](c1ccc(Cl)c(Cl)c1)C1CCCN1C)CC2. The Morgan fingerprint density at radius 3 is 2.72 bits per heavy atom. The van der Waals surface area contributed by atoms with E-state index in [1.54, 1.807) is 6.07 Å². The number of carbonyl (C=O) groups is 1. The first-order valence-corrected chi connectivity index (χ1v) is 11.9. The van der Waals surface area contributed by atoms with Crippen LogP contribution in [0, 0.1) is 0 Å². The second-order valence-corrected chi connectivity index (χ2v) is 9.74. The zero-order valence-electron chi connectivity index (χ0n) is 18.7. The molecule has 0 aliphatic carbocycles. The molecule has 1 saturated heterocycles. The smallest absolute Gasteiger partial charge is 0.318 e. The van der Waals surface area contributed by atoms with Gasteiger partial charge in [-0.05, 0) is 70.0 Å². The summed E-state index contributed by atoms with van der Waals surface area (Å²) in [5.74, 6) is 0.599. The standard InChI is InChI=1S/C23H30Cl2N6O/c1-14(2)27-22-26-12-16-8-10-31(13-19(16)28-22)23(32)29-21(20-5-4-9-30(20)3)15-6-7-17(24)18(25)11-15/h6-7,11-12,14,20-21H,4-5,8-10,13H2,1-3H3,(H,29,32)(H,26,27,28)/t20?,21-/m1/s1. The van der Waals surface area contributed by atoms with Crippen molar-refractivity contribution in [3.05, 3.63) is 51.3 Å². The monoisotopic (exact) mass is 476 g/mol. The number of hydrogen-bond donors (Lipinski definition) is 2. The molecule has 0 bridgehead atoms. The third kappa shape index (κ3) is 5.11. The average Bonchev–Trinajstić information content (AvgIpc) is 3.18. The van der Waals surface area contributed by atoms with Gasteiger partial charge < -0.3 is 20.4 Å². The van der Waals surface area contributed by atoms with Gasteiger partial charge in [0.05, 0.1) is 28.3 Å². The largest absolute Gasteiger partial charge is 0.352 e. The molecule has 32 heavy (non-hydrogen) atoms. The zero-order valence-corrected chi connectivity index (χ0v) is 20.2. The average molecular weight is 477 g/mol. The first kappa shape index (κ1) is 23.1. The Balaban J connectivity index is 1.53. The number of likely N-dealkylation sites (N-methyl/N-ethyl adjacent to an activating group) is 1. The lowest BCUT2D eigenvalue weighted by atomic mass is 9.97. The van der Waals surface area contributed by atoms with Gasteiger partial charge in [0.1, 0.15) is 0 Å². The van der Waals surface area contributed by atoms with Crippen LogP contribution < -0.4 is 10.6 Å². The summed E-state index contributed by atoms with van der Waals surface area (Å²) < 4.78 is 0. The van der Waals surface area contributed by atoms with Crippen molar-refractivity contribution in [2.75, 3.05) is 25.5 Å². The van der Waals surface area contributed by atoms with Gasteiger partial charge in [-0.1, -0.05) is 29.3 Å². The van der Waals surface area contributed by atoms with E-state index >= 15 is 0 Å². The van der Waals surface area contributed by atoms with Crippen LogP contribution >= 0.6 is 23.2 Å². The highest BCUT2D eigenvalue weighted by molar-refractivity contribution is 6.42. The molecule has 2 atom stereocenters. The van der Waals surface area contributed by atoms with E-state index in [2.05, 4.69) is 32.5 Å². The number of rotatable bonds is 5. The first-order valence-electron chi connectivity index (χ1n) is 11.1. The highest BCUT2D eigenvalue weighted by Crippen LogP contribution is 2.32. The van der Waals surface area contributed by atoms with E-state index in [0.29, 0.717) is 29.1 Å². The summed E-state index contributed by atoms with van der Waals surface area (Å²) in [5, 5.41) is 7.53. The number of anilines is 1. The van der Waals surface area contributed by atoms with Gasteiger partial charge in [0.15, 0.2) is 0 Å². The maximum atomic E-state index is 13.3. The van der Waals surface area contributed by atoms with Gasteiger partial charge >= 0.3 is 6.03 Å². The molecule has 2 N–H and O–H groups in total. The molecule has 1 fully saturated rings. The number of fused-ring (bicyclic) bond motifs is 1. The van der Waals surface area contributed by atoms with E-state index in [-0.39, 0.29) is 24.2 Å². The normalized spacial score (nSPS) is 19.7. The summed E-state index contributed by atoms with van der Waals surface area (Å²) >= 11 is 12.4. The molecule has 3 heterocycles. The Morgan fingerprint density at radius 2 is 2.03 bits per heavy atom. The van der Waals surface area contributed by atoms with Crippen molar-refractivity contribution < 1.29 is 4.79 Å². The molecule has 2 aliphatic rings. The van der Waals surface area contributed by atoms with Gasteiger partial charge in [0.25, 0.3) is 0 Å². The summed E-state index contributed by atoms with van der Waals surface area (Å²) in [6.07, 6.45) is 4.73. The minimum Gasteiger partial charge on any atom is -0.352 e. The van der Waals surface area contributed by atoms with Crippen molar-refractivity contribution in [2.24, 2.45) is 0 Å². The number of carbonyl (C=O) groups excluding carboxylic acids is 1. The van der Waals surface area contributed by atoms with Crippen LogP contribution in [0.1, 0.15) is 49.6 Å². The number of urea groups is 1. The number of aromatic nitrogens is 2. The molecule has 1 aromatic heterocycles. The summed E-state index contributed by atoms with van der Waals surface area (Å²) in [5.41, 5.74) is 2.96. The topological polar surface area (TPSA) is 73.4 Å². The predicted octanol–water partition coefficient (Wildman–Crippen LogP) is 4.51. The molecule has 2 aliphatic heterocycles. The summed E-state index contributed by atoms with van der Waals surface area (Å²) in [7, 11) is 2.10. The number of nitrogens with zero attached hydrogens (tertiary/aromatic N) is 4.